The molecule has 0 saturated carbocycles. The molecular weight excluding hydrogens is 597 g/mol. The molecule has 34 heavy (non-hydrogen) atoms. The minimum atomic E-state index is 0. The van der Waals surface area contributed by atoms with Gasteiger partial charge in [0.25, 0.3) is 0 Å². The van der Waals surface area contributed by atoms with E-state index in [1.807, 2.05) is 84.9 Å². The normalized spacial score (nSPS) is 10.4. The topological polar surface area (TPSA) is 29.0 Å². The maximum absolute atomic E-state index is 5.03. The number of nitrogens with zero attached hydrogens (tertiary/aromatic N) is 3. The summed E-state index contributed by atoms with van der Waals surface area (Å²) in [6.45, 7) is 4.25. The van der Waals surface area contributed by atoms with Crippen molar-refractivity contribution in [1.29, 1.82) is 0 Å². The summed E-state index contributed by atoms with van der Waals surface area (Å²) in [4.78, 5) is 12.2. The summed E-state index contributed by atoms with van der Waals surface area (Å²) < 4.78 is 0. The Hall–Kier alpha value is -3.55. The van der Waals surface area contributed by atoms with E-state index in [9.17, 15) is 0 Å². The number of pyridine rings is 2. The molecule has 3 aromatic carbocycles. The third-order valence-electron chi connectivity index (χ3n) is 5.56. The van der Waals surface area contributed by atoms with Gasteiger partial charge in [-0.2, -0.15) is 0 Å². The maximum atomic E-state index is 5.03. The summed E-state index contributed by atoms with van der Waals surface area (Å²) >= 11 is 0. The molecule has 0 amide bonds. The van der Waals surface area contributed by atoms with E-state index >= 15 is 0 Å². The van der Waals surface area contributed by atoms with Gasteiger partial charge in [0.05, 0.1) is 5.69 Å². The van der Waals surface area contributed by atoms with Crippen molar-refractivity contribution in [2.24, 2.45) is 0 Å². The van der Waals surface area contributed by atoms with Crippen LogP contribution >= 0.6 is 0 Å². The molecule has 5 aromatic rings. The van der Waals surface area contributed by atoms with Gasteiger partial charge >= 0.3 is 21.1 Å². The molecule has 0 atom stereocenters. The van der Waals surface area contributed by atoms with Crippen molar-refractivity contribution >= 4 is 17.3 Å². The molecule has 168 valence electrons. The number of hydrogen-bond acceptors (Lipinski definition) is 3. The Morgan fingerprint density at radius 3 is 1.47 bits per heavy atom. The maximum Gasteiger partial charge on any atom is 2.00 e. The van der Waals surface area contributed by atoms with E-state index in [4.69, 9.17) is 9.97 Å². The number of benzene rings is 3. The van der Waals surface area contributed by atoms with Crippen LogP contribution in [0.1, 0.15) is 11.1 Å². The van der Waals surface area contributed by atoms with Gasteiger partial charge in [-0.1, -0.05) is 42.5 Å². The van der Waals surface area contributed by atoms with Gasteiger partial charge < -0.3 is 0 Å². The largest absolute Gasteiger partial charge is 2.00 e. The first-order valence-corrected chi connectivity index (χ1v) is 11.0. The van der Waals surface area contributed by atoms with Crippen LogP contribution in [-0.4, -0.2) is 9.97 Å². The average molecular weight is 621 g/mol. The second kappa shape index (κ2) is 10.6. The summed E-state index contributed by atoms with van der Waals surface area (Å²) in [7, 11) is 0. The number of aromatic nitrogens is 2. The first-order chi connectivity index (χ1) is 16.2. The van der Waals surface area contributed by atoms with Crippen LogP contribution in [0.15, 0.2) is 103 Å². The first kappa shape index (κ1) is 23.6. The van der Waals surface area contributed by atoms with Crippen molar-refractivity contribution in [3.63, 3.8) is 0 Å². The number of para-hydroxylation sites is 1. The molecule has 4 heteroatoms. The summed E-state index contributed by atoms with van der Waals surface area (Å²) in [5, 5.41) is 0. The molecule has 0 radical (unpaired) electrons. The molecule has 0 N–H and O–H groups in total. The van der Waals surface area contributed by atoms with Crippen molar-refractivity contribution < 1.29 is 21.1 Å². The molecule has 0 aliphatic carbocycles. The number of aryl methyl sites for hydroxylation is 2. The molecular formula is C30H23N3Pt. The summed E-state index contributed by atoms with van der Waals surface area (Å²) in [5.74, 6) is 1.62. The smallest absolute Gasteiger partial charge is 0.280 e. The van der Waals surface area contributed by atoms with Crippen molar-refractivity contribution in [2.45, 2.75) is 13.8 Å². The van der Waals surface area contributed by atoms with E-state index in [0.717, 1.165) is 51.0 Å². The molecule has 0 bridgehead atoms. The second-order valence-electron chi connectivity index (χ2n) is 7.89. The average Bonchev–Trinajstić information content (AvgIpc) is 2.87. The van der Waals surface area contributed by atoms with E-state index in [1.54, 1.807) is 0 Å². The summed E-state index contributed by atoms with van der Waals surface area (Å²) in [6, 6.07) is 40.9. The van der Waals surface area contributed by atoms with Gasteiger partial charge in [0.1, 0.15) is 11.6 Å². The number of rotatable bonds is 5. The zero-order chi connectivity index (χ0) is 22.6. The van der Waals surface area contributed by atoms with Crippen LogP contribution in [0.25, 0.3) is 22.5 Å². The minimum Gasteiger partial charge on any atom is -0.280 e. The molecule has 0 spiro atoms. The monoisotopic (exact) mass is 620 g/mol. The predicted octanol–water partition coefficient (Wildman–Crippen LogP) is 7.50. The first-order valence-electron chi connectivity index (χ1n) is 11.0. The fourth-order valence-corrected chi connectivity index (χ4v) is 4.01. The molecule has 3 nitrogen and oxygen atoms in total. The molecule has 2 aromatic heterocycles. The van der Waals surface area contributed by atoms with Crippen molar-refractivity contribution in [2.75, 3.05) is 4.90 Å². The second-order valence-corrected chi connectivity index (χ2v) is 7.89. The van der Waals surface area contributed by atoms with Crippen LogP contribution in [0, 0.1) is 26.0 Å². The van der Waals surface area contributed by atoms with E-state index in [1.165, 1.54) is 0 Å². The van der Waals surface area contributed by atoms with E-state index in [-0.39, 0.29) is 21.1 Å². The SMILES string of the molecule is Cc1cccc(C)c1N(c1cccc(-c2[c-]cccc2)n1)c1cccc(-c2[c-]cccc2)n1.[Pt+2]. The molecule has 2 heterocycles. The molecule has 0 unspecified atom stereocenters. The van der Waals surface area contributed by atoms with Crippen LogP contribution in [0.2, 0.25) is 0 Å². The number of anilines is 3. The fourth-order valence-electron chi connectivity index (χ4n) is 4.01. The van der Waals surface area contributed by atoms with Gasteiger partial charge in [-0.15, -0.1) is 71.8 Å². The van der Waals surface area contributed by atoms with Crippen LogP contribution in [0.5, 0.6) is 0 Å². The molecule has 0 fully saturated rings. The third kappa shape index (κ3) is 4.85. The van der Waals surface area contributed by atoms with Crippen LogP contribution in [-0.2, 0) is 21.1 Å². The Bertz CT molecular complexity index is 1280. The van der Waals surface area contributed by atoms with Gasteiger partial charge in [-0.3, -0.25) is 14.9 Å². The van der Waals surface area contributed by atoms with E-state index in [0.29, 0.717) is 0 Å². The standard InChI is InChI=1S/C30H23N3.Pt/c1-22-12-9-13-23(2)30(22)33(28-20-10-18-26(31-28)24-14-5-3-6-15-24)29-21-11-19-27(32-29)25-16-7-4-8-17-25;/h3-14,16,18-21H,1-2H3;/q-2;+2. The Labute approximate surface area is 215 Å². The Balaban J connectivity index is 0.00000274. The van der Waals surface area contributed by atoms with Gasteiger partial charge in [-0.25, -0.2) is 0 Å². The minimum absolute atomic E-state index is 0. The van der Waals surface area contributed by atoms with Crippen LogP contribution in [0.3, 0.4) is 0 Å². The van der Waals surface area contributed by atoms with E-state index < -0.39 is 0 Å². The molecule has 0 saturated heterocycles. The molecule has 5 rings (SSSR count). The Morgan fingerprint density at radius 2 is 1.03 bits per heavy atom. The fraction of sp³-hybridized carbons (Fsp3) is 0.0667. The Kier molecular flexibility index (Phi) is 7.35. The van der Waals surface area contributed by atoms with Crippen molar-refractivity contribution in [3.8, 4) is 22.5 Å². The van der Waals surface area contributed by atoms with Crippen LogP contribution < -0.4 is 4.90 Å². The zero-order valence-corrected chi connectivity index (χ0v) is 21.2. The number of hydrogen-bond donors (Lipinski definition) is 0. The van der Waals surface area contributed by atoms with Gasteiger partial charge in [0, 0.05) is 0 Å². The molecule has 0 aliphatic rings. The zero-order valence-electron chi connectivity index (χ0n) is 19.0. The van der Waals surface area contributed by atoms with Gasteiger partial charge in [0.15, 0.2) is 0 Å². The quantitative estimate of drug-likeness (QED) is 0.191. The van der Waals surface area contributed by atoms with Gasteiger partial charge in [-0.05, 0) is 48.5 Å². The summed E-state index contributed by atoms with van der Waals surface area (Å²) in [5.41, 5.74) is 7.07. The van der Waals surface area contributed by atoms with Crippen molar-refractivity contribution in [3.05, 3.63) is 126 Å². The van der Waals surface area contributed by atoms with Gasteiger partial charge in [0.2, 0.25) is 0 Å². The van der Waals surface area contributed by atoms with E-state index in [2.05, 4.69) is 49.1 Å². The predicted molar refractivity (Wildman–Crippen MR) is 135 cm³/mol. The Morgan fingerprint density at radius 1 is 0.559 bits per heavy atom. The summed E-state index contributed by atoms with van der Waals surface area (Å²) in [6.07, 6.45) is 0. The molecule has 0 aliphatic heterocycles. The van der Waals surface area contributed by atoms with Crippen molar-refractivity contribution in [1.82, 2.24) is 9.97 Å². The van der Waals surface area contributed by atoms with Crippen LogP contribution in [0.4, 0.5) is 17.3 Å². The third-order valence-corrected chi connectivity index (χ3v) is 5.56.